The number of hydrogen-bond acceptors (Lipinski definition) is 5. The van der Waals surface area contributed by atoms with Crippen LogP contribution in [0.4, 0.5) is 14.5 Å². The van der Waals surface area contributed by atoms with Gasteiger partial charge in [0.05, 0.1) is 0 Å². The van der Waals surface area contributed by atoms with Gasteiger partial charge in [0.25, 0.3) is 11.4 Å². The molecule has 4 rings (SSSR count). The second-order valence-corrected chi connectivity index (χ2v) is 6.79. The van der Waals surface area contributed by atoms with Gasteiger partial charge in [-0.3, -0.25) is 9.59 Å². The molecule has 0 atom stereocenters. The van der Waals surface area contributed by atoms with Crippen LogP contribution in [0.5, 0.6) is 0 Å². The molecule has 1 amide bonds. The van der Waals surface area contributed by atoms with Crippen molar-refractivity contribution in [3.8, 4) is 22.8 Å². The monoisotopic (exact) mass is 422 g/mol. The smallest absolute Gasteiger partial charge is 0.263 e. The van der Waals surface area contributed by atoms with Gasteiger partial charge in [0.1, 0.15) is 23.7 Å². The van der Waals surface area contributed by atoms with Crippen LogP contribution < -0.4 is 10.9 Å². The first-order valence-corrected chi connectivity index (χ1v) is 9.26. The molecule has 2 aromatic heterocycles. The zero-order valence-corrected chi connectivity index (χ0v) is 16.3. The fraction of sp³-hybridized carbons (Fsp3) is 0.0909. The highest BCUT2D eigenvalue weighted by Crippen LogP contribution is 2.20. The number of anilines is 1. The van der Waals surface area contributed by atoms with Crippen LogP contribution in [0.1, 0.15) is 5.56 Å². The summed E-state index contributed by atoms with van der Waals surface area (Å²) in [6.45, 7) is 1.44. The van der Waals surface area contributed by atoms with E-state index in [0.29, 0.717) is 16.8 Å². The van der Waals surface area contributed by atoms with Gasteiger partial charge in [-0.15, -0.1) is 0 Å². The molecule has 1 N–H and O–H groups in total. The van der Waals surface area contributed by atoms with Gasteiger partial charge >= 0.3 is 0 Å². The van der Waals surface area contributed by atoms with Crippen molar-refractivity contribution in [1.82, 2.24) is 14.7 Å². The number of rotatable bonds is 5. The van der Waals surface area contributed by atoms with Gasteiger partial charge in [-0.1, -0.05) is 11.2 Å². The predicted octanol–water partition coefficient (Wildman–Crippen LogP) is 3.79. The van der Waals surface area contributed by atoms with Gasteiger partial charge in [-0.25, -0.2) is 8.78 Å². The van der Waals surface area contributed by atoms with Gasteiger partial charge in [-0.2, -0.15) is 4.98 Å². The Bertz CT molecular complexity index is 1310. The van der Waals surface area contributed by atoms with E-state index in [4.69, 9.17) is 4.52 Å². The number of amides is 1. The summed E-state index contributed by atoms with van der Waals surface area (Å²) in [6, 6.07) is 12.6. The summed E-state index contributed by atoms with van der Waals surface area (Å²) >= 11 is 0. The average molecular weight is 422 g/mol. The van der Waals surface area contributed by atoms with Crippen molar-refractivity contribution < 1.29 is 18.1 Å². The lowest BCUT2D eigenvalue weighted by Gasteiger charge is -2.10. The number of carbonyl (C=O) groups is 1. The number of hydrogen-bond donors (Lipinski definition) is 1. The lowest BCUT2D eigenvalue weighted by molar-refractivity contribution is -0.116. The molecule has 2 heterocycles. The quantitative estimate of drug-likeness (QED) is 0.529. The van der Waals surface area contributed by atoms with Crippen LogP contribution in [0.15, 0.2) is 70.1 Å². The van der Waals surface area contributed by atoms with Crippen LogP contribution in [0.2, 0.25) is 0 Å². The van der Waals surface area contributed by atoms with E-state index < -0.39 is 23.1 Å². The van der Waals surface area contributed by atoms with Gasteiger partial charge < -0.3 is 14.4 Å². The summed E-state index contributed by atoms with van der Waals surface area (Å²) in [5, 5.41) is 6.42. The molecule has 7 nitrogen and oxygen atoms in total. The maximum absolute atomic E-state index is 13.4. The second kappa shape index (κ2) is 8.31. The molecule has 156 valence electrons. The Kier molecular flexibility index (Phi) is 5.40. The molecule has 0 fully saturated rings. The van der Waals surface area contributed by atoms with E-state index >= 15 is 0 Å². The molecule has 2 aromatic carbocycles. The highest BCUT2D eigenvalue weighted by Gasteiger charge is 2.16. The van der Waals surface area contributed by atoms with Crippen molar-refractivity contribution in [1.29, 1.82) is 0 Å². The molecule has 9 heteroatoms. The summed E-state index contributed by atoms with van der Waals surface area (Å²) in [5.41, 5.74) is 1.14. The van der Waals surface area contributed by atoms with E-state index in [1.54, 1.807) is 19.1 Å². The highest BCUT2D eigenvalue weighted by atomic mass is 19.1. The van der Waals surface area contributed by atoms with E-state index in [9.17, 15) is 18.4 Å². The van der Waals surface area contributed by atoms with Crippen LogP contribution >= 0.6 is 0 Å². The van der Waals surface area contributed by atoms with Gasteiger partial charge in [-0.05, 0) is 61.0 Å². The van der Waals surface area contributed by atoms with E-state index in [-0.39, 0.29) is 23.8 Å². The van der Waals surface area contributed by atoms with Crippen molar-refractivity contribution >= 4 is 11.6 Å². The molecule has 0 saturated heterocycles. The fourth-order valence-corrected chi connectivity index (χ4v) is 2.95. The number of halogens is 2. The number of carbonyl (C=O) groups excluding carboxylic acids is 1. The number of aromatic nitrogens is 3. The van der Waals surface area contributed by atoms with Crippen molar-refractivity contribution in [2.45, 2.75) is 13.5 Å². The Labute approximate surface area is 175 Å². The molecule has 4 aromatic rings. The van der Waals surface area contributed by atoms with Gasteiger partial charge in [0.15, 0.2) is 0 Å². The van der Waals surface area contributed by atoms with E-state index in [2.05, 4.69) is 15.5 Å². The average Bonchev–Trinajstić information content (AvgIpc) is 3.23. The number of benzene rings is 2. The molecule has 0 aliphatic rings. The zero-order chi connectivity index (χ0) is 22.0. The lowest BCUT2D eigenvalue weighted by atomic mass is 10.2. The minimum absolute atomic E-state index is 0.0277. The van der Waals surface area contributed by atoms with Gasteiger partial charge in [0.2, 0.25) is 11.7 Å². The largest absolute Gasteiger partial charge is 0.333 e. The topological polar surface area (TPSA) is 90.0 Å². The minimum atomic E-state index is -0.511. The lowest BCUT2D eigenvalue weighted by Crippen LogP contribution is -2.28. The van der Waals surface area contributed by atoms with Crippen molar-refractivity contribution in [2.24, 2.45) is 0 Å². The van der Waals surface area contributed by atoms with E-state index in [1.807, 2.05) is 0 Å². The Hall–Kier alpha value is -4.14. The summed E-state index contributed by atoms with van der Waals surface area (Å²) in [7, 11) is 0. The third-order valence-electron chi connectivity index (χ3n) is 4.57. The third-order valence-corrected chi connectivity index (χ3v) is 4.57. The van der Waals surface area contributed by atoms with E-state index in [0.717, 1.165) is 0 Å². The van der Waals surface area contributed by atoms with Crippen LogP contribution in [-0.2, 0) is 11.3 Å². The number of nitrogens with one attached hydrogen (secondary N) is 1. The zero-order valence-electron chi connectivity index (χ0n) is 16.3. The first-order valence-electron chi connectivity index (χ1n) is 9.26. The van der Waals surface area contributed by atoms with Crippen LogP contribution in [0.25, 0.3) is 22.8 Å². The van der Waals surface area contributed by atoms with Crippen molar-refractivity contribution in [2.75, 3.05) is 5.32 Å². The Balaban J connectivity index is 1.56. The molecule has 31 heavy (non-hydrogen) atoms. The Morgan fingerprint density at radius 1 is 1.10 bits per heavy atom. The van der Waals surface area contributed by atoms with Gasteiger partial charge in [0, 0.05) is 17.4 Å². The molecular formula is C22H16F2N4O3. The molecule has 0 radical (unpaired) electrons. The molecule has 0 saturated carbocycles. The van der Waals surface area contributed by atoms with Crippen LogP contribution in [0, 0.1) is 18.6 Å². The second-order valence-electron chi connectivity index (χ2n) is 6.79. The standard InChI is InChI=1S/C22H16F2N4O3/c1-13-4-7-16(24)11-18(13)25-19(29)12-28-10-2-3-17(22(28)30)21-26-20(27-31-21)14-5-8-15(23)9-6-14/h2-11H,12H2,1H3,(H,25,29). The molecule has 0 bridgehead atoms. The number of pyridine rings is 1. The summed E-state index contributed by atoms with van der Waals surface area (Å²) in [4.78, 5) is 29.4. The number of aryl methyl sites for hydroxylation is 1. The van der Waals surface area contributed by atoms with E-state index in [1.165, 1.54) is 53.2 Å². The molecule has 0 spiro atoms. The molecule has 0 aliphatic carbocycles. The first kappa shape index (κ1) is 20.1. The highest BCUT2D eigenvalue weighted by molar-refractivity contribution is 5.91. The Morgan fingerprint density at radius 3 is 2.61 bits per heavy atom. The Morgan fingerprint density at radius 2 is 1.84 bits per heavy atom. The molecular weight excluding hydrogens is 406 g/mol. The van der Waals surface area contributed by atoms with Crippen LogP contribution in [0.3, 0.4) is 0 Å². The third kappa shape index (κ3) is 4.40. The SMILES string of the molecule is Cc1ccc(F)cc1NC(=O)Cn1cccc(-c2nc(-c3ccc(F)cc3)no2)c1=O. The molecule has 0 aliphatic heterocycles. The van der Waals surface area contributed by atoms with Crippen LogP contribution in [-0.4, -0.2) is 20.6 Å². The normalized spacial score (nSPS) is 10.8. The minimum Gasteiger partial charge on any atom is -0.333 e. The summed E-state index contributed by atoms with van der Waals surface area (Å²) < 4.78 is 32.9. The summed E-state index contributed by atoms with van der Waals surface area (Å²) in [5.74, 6) is -1.20. The first-order chi connectivity index (χ1) is 14.9. The van der Waals surface area contributed by atoms with Crippen molar-refractivity contribution in [3.05, 3.63) is 88.3 Å². The van der Waals surface area contributed by atoms with Crippen molar-refractivity contribution in [3.63, 3.8) is 0 Å². The number of nitrogens with zero attached hydrogens (tertiary/aromatic N) is 3. The summed E-state index contributed by atoms with van der Waals surface area (Å²) in [6.07, 6.45) is 1.45. The predicted molar refractivity (Wildman–Crippen MR) is 109 cm³/mol. The molecule has 0 unspecified atom stereocenters. The maximum Gasteiger partial charge on any atom is 0.263 e. The fourth-order valence-electron chi connectivity index (χ4n) is 2.95. The maximum atomic E-state index is 13.4.